The van der Waals surface area contributed by atoms with Crippen LogP contribution in [-0.4, -0.2) is 25.6 Å². The van der Waals surface area contributed by atoms with Crippen LogP contribution in [0.4, 0.5) is 5.69 Å². The van der Waals surface area contributed by atoms with E-state index in [0.29, 0.717) is 17.2 Å². The Balaban J connectivity index is 1.48. The Kier molecular flexibility index (Phi) is 4.77. The van der Waals surface area contributed by atoms with Crippen molar-refractivity contribution in [3.63, 3.8) is 0 Å². The smallest absolute Gasteiger partial charge is 0.291 e. The van der Waals surface area contributed by atoms with Gasteiger partial charge in [0.2, 0.25) is 14.9 Å². The summed E-state index contributed by atoms with van der Waals surface area (Å²) in [7, 11) is -3.51. The number of ether oxygens (including phenoxy) is 1. The summed E-state index contributed by atoms with van der Waals surface area (Å²) in [6, 6.07) is 18.8. The molecular formula is C21H16N2O5S. The number of anilines is 1. The van der Waals surface area contributed by atoms with E-state index in [4.69, 9.17) is 9.15 Å². The van der Waals surface area contributed by atoms with Gasteiger partial charge in [-0.2, -0.15) is 0 Å². The lowest BCUT2D eigenvalue weighted by molar-refractivity contribution is 0.0991. The molecule has 0 saturated heterocycles. The molecule has 0 spiro atoms. The average Bonchev–Trinajstić information content (AvgIpc) is 3.21. The van der Waals surface area contributed by atoms with Gasteiger partial charge in [0.05, 0.1) is 5.52 Å². The van der Waals surface area contributed by atoms with Crippen LogP contribution in [0, 0.1) is 0 Å². The van der Waals surface area contributed by atoms with Crippen molar-refractivity contribution in [2.45, 2.75) is 5.09 Å². The Hall–Kier alpha value is -3.65. The van der Waals surface area contributed by atoms with Gasteiger partial charge >= 0.3 is 0 Å². The van der Waals surface area contributed by atoms with Gasteiger partial charge in [0.25, 0.3) is 5.91 Å². The third-order valence-corrected chi connectivity index (χ3v) is 5.07. The number of para-hydroxylation sites is 1. The Labute approximate surface area is 166 Å². The van der Waals surface area contributed by atoms with Crippen LogP contribution in [-0.2, 0) is 9.84 Å². The van der Waals surface area contributed by atoms with E-state index in [1.165, 1.54) is 12.1 Å². The molecule has 0 aliphatic rings. The number of carbonyl (C=O) groups excluding carboxylic acids is 1. The summed E-state index contributed by atoms with van der Waals surface area (Å²) < 4.78 is 33.9. The first-order valence-electron chi connectivity index (χ1n) is 8.63. The van der Waals surface area contributed by atoms with Crippen molar-refractivity contribution < 1.29 is 22.4 Å². The number of hydrogen-bond donors (Lipinski definition) is 1. The first-order chi connectivity index (χ1) is 13.9. The van der Waals surface area contributed by atoms with Crippen LogP contribution in [0.15, 0.2) is 82.4 Å². The Morgan fingerprint density at radius 2 is 1.76 bits per heavy atom. The number of carbonyl (C=O) groups is 1. The Morgan fingerprint density at radius 1 is 1.00 bits per heavy atom. The number of sulfone groups is 1. The summed E-state index contributed by atoms with van der Waals surface area (Å²) in [5.74, 6) is 0.635. The van der Waals surface area contributed by atoms with E-state index in [2.05, 4.69) is 10.3 Å². The molecule has 4 aromatic rings. The van der Waals surface area contributed by atoms with Crippen molar-refractivity contribution >= 4 is 32.3 Å². The molecule has 0 fully saturated rings. The zero-order valence-corrected chi connectivity index (χ0v) is 16.1. The van der Waals surface area contributed by atoms with E-state index < -0.39 is 15.7 Å². The van der Waals surface area contributed by atoms with Crippen LogP contribution < -0.4 is 10.1 Å². The number of nitrogens with one attached hydrogen (secondary N) is 1. The molecule has 1 amide bonds. The highest BCUT2D eigenvalue weighted by molar-refractivity contribution is 7.90. The predicted octanol–water partition coefficient (Wildman–Crippen LogP) is 4.28. The molecular weight excluding hydrogens is 392 g/mol. The number of nitrogens with zero attached hydrogens (tertiary/aromatic N) is 1. The molecule has 0 saturated carbocycles. The van der Waals surface area contributed by atoms with Gasteiger partial charge in [0, 0.05) is 23.5 Å². The lowest BCUT2D eigenvalue weighted by Gasteiger charge is -2.09. The molecule has 1 N–H and O–H groups in total. The third-order valence-electron chi connectivity index (χ3n) is 4.12. The maximum Gasteiger partial charge on any atom is 0.291 e. The molecule has 8 heteroatoms. The van der Waals surface area contributed by atoms with Crippen molar-refractivity contribution in [2.24, 2.45) is 0 Å². The normalized spacial score (nSPS) is 11.3. The highest BCUT2D eigenvalue weighted by Crippen LogP contribution is 2.29. The first kappa shape index (κ1) is 18.7. The zero-order valence-electron chi connectivity index (χ0n) is 15.3. The minimum Gasteiger partial charge on any atom is -0.457 e. The third kappa shape index (κ3) is 4.12. The zero-order chi connectivity index (χ0) is 20.4. The molecule has 0 unspecified atom stereocenters. The molecule has 2 heterocycles. The van der Waals surface area contributed by atoms with Crippen molar-refractivity contribution in [3.8, 4) is 11.5 Å². The number of fused-ring (bicyclic) bond motifs is 1. The monoisotopic (exact) mass is 408 g/mol. The molecule has 7 nitrogen and oxygen atoms in total. The summed E-state index contributed by atoms with van der Waals surface area (Å²) in [4.78, 5) is 16.5. The molecule has 0 atom stereocenters. The summed E-state index contributed by atoms with van der Waals surface area (Å²) in [5, 5.41) is 3.29. The van der Waals surface area contributed by atoms with Crippen LogP contribution in [0.2, 0.25) is 0 Å². The van der Waals surface area contributed by atoms with E-state index >= 15 is 0 Å². The van der Waals surface area contributed by atoms with Gasteiger partial charge < -0.3 is 14.5 Å². The molecule has 146 valence electrons. The average molecular weight is 408 g/mol. The molecule has 2 aromatic carbocycles. The molecule has 0 bridgehead atoms. The van der Waals surface area contributed by atoms with Gasteiger partial charge in [0.15, 0.2) is 5.76 Å². The van der Waals surface area contributed by atoms with E-state index in [-0.39, 0.29) is 10.9 Å². The van der Waals surface area contributed by atoms with E-state index in [1.807, 2.05) is 24.3 Å². The fraction of sp³-hybridized carbons (Fsp3) is 0.0476. The van der Waals surface area contributed by atoms with Crippen molar-refractivity contribution in [1.82, 2.24) is 4.98 Å². The number of furan rings is 1. The van der Waals surface area contributed by atoms with Crippen LogP contribution >= 0.6 is 0 Å². The van der Waals surface area contributed by atoms with Crippen molar-refractivity contribution in [1.29, 1.82) is 0 Å². The van der Waals surface area contributed by atoms with Crippen molar-refractivity contribution in [3.05, 3.63) is 78.7 Å². The maximum absolute atomic E-state index is 12.2. The van der Waals surface area contributed by atoms with Gasteiger partial charge in [-0.1, -0.05) is 12.1 Å². The minimum absolute atomic E-state index is 0.0889. The minimum atomic E-state index is -3.51. The highest BCUT2D eigenvalue weighted by Gasteiger charge is 2.17. The number of benzene rings is 2. The predicted molar refractivity (Wildman–Crippen MR) is 108 cm³/mol. The van der Waals surface area contributed by atoms with Crippen LogP contribution in [0.5, 0.6) is 11.5 Å². The molecule has 0 aliphatic carbocycles. The summed E-state index contributed by atoms with van der Waals surface area (Å²) in [6.07, 6.45) is 2.69. The highest BCUT2D eigenvalue weighted by atomic mass is 32.2. The molecule has 29 heavy (non-hydrogen) atoms. The number of hydrogen-bond acceptors (Lipinski definition) is 6. The number of amides is 1. The van der Waals surface area contributed by atoms with Gasteiger partial charge in [-0.3, -0.25) is 9.78 Å². The number of pyridine rings is 1. The van der Waals surface area contributed by atoms with Crippen LogP contribution in [0.25, 0.3) is 10.9 Å². The van der Waals surface area contributed by atoms with Crippen molar-refractivity contribution in [2.75, 3.05) is 11.6 Å². The van der Waals surface area contributed by atoms with E-state index in [1.54, 1.807) is 36.5 Å². The van der Waals surface area contributed by atoms with Crippen LogP contribution in [0.1, 0.15) is 10.6 Å². The van der Waals surface area contributed by atoms with Crippen LogP contribution in [0.3, 0.4) is 0 Å². The second kappa shape index (κ2) is 7.40. The summed E-state index contributed by atoms with van der Waals surface area (Å²) in [6.45, 7) is 0. The largest absolute Gasteiger partial charge is 0.457 e. The standard InChI is InChI=1S/C21H16N2O5S/c1-29(25,26)20-11-10-19(28-20)21(24)23-14-6-8-15(9-7-14)27-18-12-13-22-17-5-3-2-4-16(17)18/h2-13H,1H3,(H,23,24). The summed E-state index contributed by atoms with van der Waals surface area (Å²) in [5.41, 5.74) is 1.35. The lowest BCUT2D eigenvalue weighted by Crippen LogP contribution is -2.10. The van der Waals surface area contributed by atoms with Gasteiger partial charge in [0.1, 0.15) is 11.5 Å². The topological polar surface area (TPSA) is 98.5 Å². The Morgan fingerprint density at radius 3 is 2.48 bits per heavy atom. The van der Waals surface area contributed by atoms with Gasteiger partial charge in [-0.25, -0.2) is 8.42 Å². The SMILES string of the molecule is CS(=O)(=O)c1ccc(C(=O)Nc2ccc(Oc3ccnc4ccccc34)cc2)o1. The van der Waals surface area contributed by atoms with Gasteiger partial charge in [-0.05, 0) is 54.6 Å². The molecule has 0 radical (unpaired) electrons. The lowest BCUT2D eigenvalue weighted by atomic mass is 10.2. The molecule has 0 aliphatic heterocycles. The summed E-state index contributed by atoms with van der Waals surface area (Å²) >= 11 is 0. The van der Waals surface area contributed by atoms with Gasteiger partial charge in [-0.15, -0.1) is 0 Å². The molecule has 2 aromatic heterocycles. The Bertz CT molecular complexity index is 1290. The second-order valence-corrected chi connectivity index (χ2v) is 8.24. The number of aromatic nitrogens is 1. The second-order valence-electron chi connectivity index (χ2n) is 6.30. The first-order valence-corrected chi connectivity index (χ1v) is 10.5. The fourth-order valence-electron chi connectivity index (χ4n) is 2.73. The quantitative estimate of drug-likeness (QED) is 0.529. The fourth-order valence-corrected chi connectivity index (χ4v) is 3.28. The van der Waals surface area contributed by atoms with E-state index in [0.717, 1.165) is 17.2 Å². The maximum atomic E-state index is 12.2. The molecule has 4 rings (SSSR count). The number of rotatable bonds is 5. The van der Waals surface area contributed by atoms with E-state index in [9.17, 15) is 13.2 Å².